The molecule has 0 aromatic heterocycles. The zero-order valence-corrected chi connectivity index (χ0v) is 9.69. The summed E-state index contributed by atoms with van der Waals surface area (Å²) in [7, 11) is -3.42. The van der Waals surface area contributed by atoms with E-state index in [1.807, 2.05) is 0 Å². The van der Waals surface area contributed by atoms with E-state index in [9.17, 15) is 13.2 Å². The lowest BCUT2D eigenvalue weighted by Crippen LogP contribution is -2.05. The quantitative estimate of drug-likeness (QED) is 0.866. The fourth-order valence-electron chi connectivity index (χ4n) is 1.18. The Balaban J connectivity index is 3.55. The molecule has 0 atom stereocenters. The summed E-state index contributed by atoms with van der Waals surface area (Å²) >= 11 is 5.78. The molecular weight excluding hydrogens is 240 g/mol. The predicted octanol–water partition coefficient (Wildman–Crippen LogP) is 1.75. The van der Waals surface area contributed by atoms with E-state index in [-0.39, 0.29) is 21.0 Å². The number of halogens is 1. The highest BCUT2D eigenvalue weighted by Crippen LogP contribution is 2.27. The van der Waals surface area contributed by atoms with E-state index in [0.717, 1.165) is 6.26 Å². The number of aromatic carboxylic acids is 1. The molecule has 82 valence electrons. The molecule has 0 amide bonds. The minimum absolute atomic E-state index is 0.00685. The molecule has 1 aromatic rings. The first-order valence-electron chi connectivity index (χ1n) is 3.97. The molecule has 0 bridgehead atoms. The number of hydrogen-bond acceptors (Lipinski definition) is 3. The van der Waals surface area contributed by atoms with Crippen molar-refractivity contribution in [3.05, 3.63) is 28.3 Å². The minimum Gasteiger partial charge on any atom is -0.478 e. The Labute approximate surface area is 92.4 Å². The van der Waals surface area contributed by atoms with E-state index in [1.54, 1.807) is 0 Å². The van der Waals surface area contributed by atoms with Crippen molar-refractivity contribution in [2.75, 3.05) is 6.26 Å². The van der Waals surface area contributed by atoms with Gasteiger partial charge in [0, 0.05) is 6.26 Å². The van der Waals surface area contributed by atoms with Crippen LogP contribution in [0.2, 0.25) is 5.02 Å². The minimum atomic E-state index is -3.42. The number of carboxylic acid groups (broad SMARTS) is 1. The lowest BCUT2D eigenvalue weighted by atomic mass is 10.1. The van der Waals surface area contributed by atoms with E-state index in [0.29, 0.717) is 0 Å². The van der Waals surface area contributed by atoms with Gasteiger partial charge in [0.15, 0.2) is 9.84 Å². The molecule has 6 heteroatoms. The molecule has 0 saturated carbocycles. The van der Waals surface area contributed by atoms with E-state index < -0.39 is 15.8 Å². The van der Waals surface area contributed by atoms with Crippen molar-refractivity contribution in [3.63, 3.8) is 0 Å². The molecule has 0 fully saturated rings. The molecule has 0 heterocycles. The Kier molecular flexibility index (Phi) is 3.06. The predicted molar refractivity (Wildman–Crippen MR) is 56.3 cm³/mol. The van der Waals surface area contributed by atoms with Crippen LogP contribution in [0.3, 0.4) is 0 Å². The number of carbonyl (C=O) groups is 1. The molecule has 1 N–H and O–H groups in total. The Morgan fingerprint density at radius 2 is 1.93 bits per heavy atom. The van der Waals surface area contributed by atoms with Gasteiger partial charge in [0.05, 0.1) is 15.5 Å². The third-order valence-electron chi connectivity index (χ3n) is 1.98. The number of benzene rings is 1. The average Bonchev–Trinajstić information content (AvgIpc) is 2.06. The molecular formula is C9H9ClO4S. The van der Waals surface area contributed by atoms with Crippen LogP contribution in [0, 0.1) is 6.92 Å². The van der Waals surface area contributed by atoms with Gasteiger partial charge in [0.25, 0.3) is 0 Å². The first-order valence-corrected chi connectivity index (χ1v) is 6.24. The lowest BCUT2D eigenvalue weighted by molar-refractivity contribution is 0.0696. The molecule has 4 nitrogen and oxygen atoms in total. The molecule has 0 aliphatic carbocycles. The maximum absolute atomic E-state index is 11.3. The van der Waals surface area contributed by atoms with Crippen LogP contribution in [0.5, 0.6) is 0 Å². The van der Waals surface area contributed by atoms with Crippen LogP contribution in [0.25, 0.3) is 0 Å². The standard InChI is InChI=1S/C9H9ClO4S/c1-5-6(9(11)12)3-4-7(8(5)10)15(2,13)14/h3-4H,1-2H3,(H,11,12). The molecule has 0 saturated heterocycles. The SMILES string of the molecule is Cc1c(C(=O)O)ccc(S(C)(=O)=O)c1Cl. The highest BCUT2D eigenvalue weighted by molar-refractivity contribution is 7.90. The smallest absolute Gasteiger partial charge is 0.336 e. The Morgan fingerprint density at radius 1 is 1.40 bits per heavy atom. The van der Waals surface area contributed by atoms with E-state index in [4.69, 9.17) is 16.7 Å². The third kappa shape index (κ3) is 2.30. The van der Waals surface area contributed by atoms with Gasteiger partial charge < -0.3 is 5.11 Å². The Bertz CT molecular complexity index is 519. The fourth-order valence-corrected chi connectivity index (χ4v) is 2.56. The number of sulfone groups is 1. The second-order valence-electron chi connectivity index (χ2n) is 3.13. The summed E-state index contributed by atoms with van der Waals surface area (Å²) in [5.41, 5.74) is 0.263. The van der Waals surface area contributed by atoms with E-state index >= 15 is 0 Å². The Hall–Kier alpha value is -1.07. The average molecular weight is 249 g/mol. The van der Waals surface area contributed by atoms with Gasteiger partial charge in [-0.25, -0.2) is 13.2 Å². The van der Waals surface area contributed by atoms with Crippen molar-refractivity contribution < 1.29 is 18.3 Å². The second-order valence-corrected chi connectivity index (χ2v) is 5.49. The number of hydrogen-bond donors (Lipinski definition) is 1. The summed E-state index contributed by atoms with van der Waals surface area (Å²) in [6, 6.07) is 2.44. The zero-order chi connectivity index (χ0) is 11.8. The number of carboxylic acids is 1. The van der Waals surface area contributed by atoms with Crippen LogP contribution < -0.4 is 0 Å². The van der Waals surface area contributed by atoms with Gasteiger partial charge in [-0.3, -0.25) is 0 Å². The normalized spacial score (nSPS) is 11.4. The highest BCUT2D eigenvalue weighted by atomic mass is 35.5. The van der Waals surface area contributed by atoms with Crippen molar-refractivity contribution in [2.24, 2.45) is 0 Å². The number of rotatable bonds is 2. The van der Waals surface area contributed by atoms with Crippen LogP contribution in [-0.2, 0) is 9.84 Å². The van der Waals surface area contributed by atoms with Crippen molar-refractivity contribution in [1.29, 1.82) is 0 Å². The third-order valence-corrected chi connectivity index (χ3v) is 3.72. The molecule has 1 aromatic carbocycles. The summed E-state index contributed by atoms with van der Waals surface area (Å²) in [4.78, 5) is 10.7. The molecule has 0 radical (unpaired) electrons. The largest absolute Gasteiger partial charge is 0.478 e. The topological polar surface area (TPSA) is 71.4 Å². The van der Waals surface area contributed by atoms with Crippen molar-refractivity contribution >= 4 is 27.4 Å². The van der Waals surface area contributed by atoms with Crippen LogP contribution in [-0.4, -0.2) is 25.7 Å². The lowest BCUT2D eigenvalue weighted by Gasteiger charge is -2.07. The summed E-state index contributed by atoms with van der Waals surface area (Å²) in [6.45, 7) is 1.47. The molecule has 0 unspecified atom stereocenters. The summed E-state index contributed by atoms with van der Waals surface area (Å²) in [6.07, 6.45) is 1.02. The fraction of sp³-hybridized carbons (Fsp3) is 0.222. The Morgan fingerprint density at radius 3 is 2.33 bits per heavy atom. The van der Waals surface area contributed by atoms with Gasteiger partial charge in [-0.05, 0) is 24.6 Å². The molecule has 0 spiro atoms. The highest BCUT2D eigenvalue weighted by Gasteiger charge is 2.18. The summed E-state index contributed by atoms with van der Waals surface area (Å²) in [5.74, 6) is -1.13. The molecule has 0 aliphatic heterocycles. The second kappa shape index (κ2) is 3.83. The van der Waals surface area contributed by atoms with Crippen LogP contribution >= 0.6 is 11.6 Å². The van der Waals surface area contributed by atoms with Crippen molar-refractivity contribution in [3.8, 4) is 0 Å². The van der Waals surface area contributed by atoms with Crippen LogP contribution in [0.1, 0.15) is 15.9 Å². The van der Waals surface area contributed by atoms with Gasteiger partial charge in [0.2, 0.25) is 0 Å². The van der Waals surface area contributed by atoms with Gasteiger partial charge in [0.1, 0.15) is 0 Å². The van der Waals surface area contributed by atoms with Gasteiger partial charge in [-0.2, -0.15) is 0 Å². The summed E-state index contributed by atoms with van der Waals surface area (Å²) in [5, 5.41) is 8.75. The van der Waals surface area contributed by atoms with Gasteiger partial charge in [-0.1, -0.05) is 11.6 Å². The van der Waals surface area contributed by atoms with Crippen LogP contribution in [0.15, 0.2) is 17.0 Å². The van der Waals surface area contributed by atoms with E-state index in [2.05, 4.69) is 0 Å². The van der Waals surface area contributed by atoms with Gasteiger partial charge in [-0.15, -0.1) is 0 Å². The van der Waals surface area contributed by atoms with Crippen LogP contribution in [0.4, 0.5) is 0 Å². The van der Waals surface area contributed by atoms with Gasteiger partial charge >= 0.3 is 5.97 Å². The molecule has 0 aliphatic rings. The van der Waals surface area contributed by atoms with E-state index in [1.165, 1.54) is 19.1 Å². The maximum atomic E-state index is 11.3. The first kappa shape index (κ1) is 12.0. The maximum Gasteiger partial charge on any atom is 0.336 e. The zero-order valence-electron chi connectivity index (χ0n) is 8.11. The monoisotopic (exact) mass is 248 g/mol. The van der Waals surface area contributed by atoms with Crippen molar-refractivity contribution in [1.82, 2.24) is 0 Å². The molecule has 15 heavy (non-hydrogen) atoms. The molecule has 1 rings (SSSR count). The summed E-state index contributed by atoms with van der Waals surface area (Å²) < 4.78 is 22.5. The first-order chi connectivity index (χ1) is 6.75. The van der Waals surface area contributed by atoms with Crippen molar-refractivity contribution in [2.45, 2.75) is 11.8 Å².